The summed E-state index contributed by atoms with van der Waals surface area (Å²) in [5.41, 5.74) is 1.65. The number of nitrogens with zero attached hydrogens (tertiary/aromatic N) is 4. The molecule has 1 fully saturated rings. The predicted molar refractivity (Wildman–Crippen MR) is 116 cm³/mol. The van der Waals surface area contributed by atoms with Gasteiger partial charge in [-0.05, 0) is 43.0 Å². The molecule has 6 nitrogen and oxygen atoms in total. The van der Waals surface area contributed by atoms with Gasteiger partial charge in [0.15, 0.2) is 0 Å². The van der Waals surface area contributed by atoms with E-state index in [0.717, 1.165) is 17.7 Å². The summed E-state index contributed by atoms with van der Waals surface area (Å²) in [6.07, 6.45) is 1.77. The van der Waals surface area contributed by atoms with Gasteiger partial charge in [-0.3, -0.25) is 14.5 Å². The van der Waals surface area contributed by atoms with Crippen molar-refractivity contribution in [2.24, 2.45) is 5.92 Å². The molecule has 0 aliphatic carbocycles. The molecule has 0 radical (unpaired) electrons. The Morgan fingerprint density at radius 2 is 1.93 bits per heavy atom. The van der Waals surface area contributed by atoms with E-state index in [2.05, 4.69) is 24.8 Å². The minimum Gasteiger partial charge on any atom is -0.340 e. The van der Waals surface area contributed by atoms with Gasteiger partial charge in [-0.2, -0.15) is 5.26 Å². The first-order valence-electron chi connectivity index (χ1n) is 10.3. The van der Waals surface area contributed by atoms with Gasteiger partial charge in [0, 0.05) is 49.9 Å². The maximum atomic E-state index is 13.0. The highest BCUT2D eigenvalue weighted by atomic mass is 35.5. The Kier molecular flexibility index (Phi) is 8.94. The summed E-state index contributed by atoms with van der Waals surface area (Å²) in [5, 5.41) is 9.62. The summed E-state index contributed by atoms with van der Waals surface area (Å²) in [5.74, 6) is 0.687. The number of carbonyl (C=O) groups excluding carboxylic acids is 2. The van der Waals surface area contributed by atoms with E-state index in [4.69, 9.17) is 16.9 Å². The average Bonchev–Trinajstić information content (AvgIpc) is 2.69. The van der Waals surface area contributed by atoms with Crippen LogP contribution in [0.1, 0.15) is 38.7 Å². The molecule has 0 spiro atoms. The predicted octanol–water partition coefficient (Wildman–Crippen LogP) is 3.48. The minimum absolute atomic E-state index is 0.0402. The lowest BCUT2D eigenvalue weighted by Gasteiger charge is -2.35. The van der Waals surface area contributed by atoms with Crippen LogP contribution in [0.15, 0.2) is 18.2 Å². The molecule has 0 bridgehead atoms. The Bertz CT molecular complexity index is 752. The second-order valence-electron chi connectivity index (χ2n) is 7.98. The first kappa shape index (κ1) is 23.2. The van der Waals surface area contributed by atoms with Gasteiger partial charge in [0.05, 0.1) is 19.0 Å². The molecule has 0 N–H and O–H groups in total. The van der Waals surface area contributed by atoms with Crippen molar-refractivity contribution < 1.29 is 9.59 Å². The molecule has 1 saturated heterocycles. The van der Waals surface area contributed by atoms with E-state index < -0.39 is 0 Å². The van der Waals surface area contributed by atoms with E-state index in [1.165, 1.54) is 0 Å². The second-order valence-corrected chi connectivity index (χ2v) is 8.38. The number of carbonyl (C=O) groups is 2. The molecular weight excluding hydrogens is 388 g/mol. The van der Waals surface area contributed by atoms with Gasteiger partial charge >= 0.3 is 0 Å². The van der Waals surface area contributed by atoms with Crippen molar-refractivity contribution in [2.45, 2.75) is 40.0 Å². The molecule has 1 heterocycles. The molecule has 7 heteroatoms. The molecule has 1 aromatic carbocycles. The summed E-state index contributed by atoms with van der Waals surface area (Å²) in [4.78, 5) is 30.9. The molecule has 1 aliphatic rings. The summed E-state index contributed by atoms with van der Waals surface area (Å²) in [6.45, 7) is 9.45. The largest absolute Gasteiger partial charge is 0.340 e. The van der Waals surface area contributed by atoms with Crippen molar-refractivity contribution in [1.29, 1.82) is 5.26 Å². The van der Waals surface area contributed by atoms with Crippen LogP contribution in [0, 0.1) is 24.2 Å². The quantitative estimate of drug-likeness (QED) is 0.648. The Labute approximate surface area is 179 Å². The lowest BCUT2D eigenvalue weighted by atomic mass is 10.1. The van der Waals surface area contributed by atoms with Crippen molar-refractivity contribution in [3.63, 3.8) is 0 Å². The van der Waals surface area contributed by atoms with E-state index >= 15 is 0 Å². The van der Waals surface area contributed by atoms with Crippen molar-refractivity contribution in [1.82, 2.24) is 9.80 Å². The second kappa shape index (κ2) is 11.2. The standard InChI is InChI=1S/C22H31ClN4O2/c1-17(2)5-8-21(28)26-13-11-25(12-14-26)16-22(29)27(10-4-9-24)19-6-7-20(23)18(3)15-19/h6-7,15,17H,4-5,8,10-14,16H2,1-3H3. The number of hydrogen-bond acceptors (Lipinski definition) is 4. The van der Waals surface area contributed by atoms with Crippen LogP contribution in [0.25, 0.3) is 0 Å². The normalized spacial score (nSPS) is 14.7. The monoisotopic (exact) mass is 418 g/mol. The van der Waals surface area contributed by atoms with E-state index in [1.54, 1.807) is 11.0 Å². The fourth-order valence-corrected chi connectivity index (χ4v) is 3.48. The Morgan fingerprint density at radius 3 is 2.52 bits per heavy atom. The van der Waals surface area contributed by atoms with Gasteiger partial charge in [-0.25, -0.2) is 0 Å². The number of piperazine rings is 1. The lowest BCUT2D eigenvalue weighted by molar-refractivity contribution is -0.133. The molecule has 158 valence electrons. The number of hydrogen-bond donors (Lipinski definition) is 0. The molecule has 0 aromatic heterocycles. The number of rotatable bonds is 8. The van der Waals surface area contributed by atoms with Gasteiger partial charge in [0.2, 0.25) is 11.8 Å². The number of nitriles is 1. The maximum absolute atomic E-state index is 13.0. The van der Waals surface area contributed by atoms with E-state index in [9.17, 15) is 9.59 Å². The van der Waals surface area contributed by atoms with Crippen molar-refractivity contribution in [3.05, 3.63) is 28.8 Å². The van der Waals surface area contributed by atoms with Crippen LogP contribution in [0.2, 0.25) is 5.02 Å². The van der Waals surface area contributed by atoms with Gasteiger partial charge in [-0.15, -0.1) is 0 Å². The Morgan fingerprint density at radius 1 is 1.24 bits per heavy atom. The van der Waals surface area contributed by atoms with Crippen LogP contribution < -0.4 is 4.90 Å². The third-order valence-electron chi connectivity index (χ3n) is 5.22. The Hall–Kier alpha value is -2.10. The molecular formula is C22H31ClN4O2. The minimum atomic E-state index is -0.0402. The fraction of sp³-hybridized carbons (Fsp3) is 0.591. The number of anilines is 1. The lowest BCUT2D eigenvalue weighted by Crippen LogP contribution is -2.51. The zero-order valence-corrected chi connectivity index (χ0v) is 18.4. The third-order valence-corrected chi connectivity index (χ3v) is 5.64. The van der Waals surface area contributed by atoms with Crippen LogP contribution in [0.3, 0.4) is 0 Å². The highest BCUT2D eigenvalue weighted by molar-refractivity contribution is 6.31. The van der Waals surface area contributed by atoms with Crippen LogP contribution >= 0.6 is 11.6 Å². The molecule has 0 unspecified atom stereocenters. The number of aryl methyl sites for hydroxylation is 1. The first-order chi connectivity index (χ1) is 13.8. The van der Waals surface area contributed by atoms with Crippen molar-refractivity contribution in [2.75, 3.05) is 44.2 Å². The third kappa shape index (κ3) is 7.02. The zero-order valence-electron chi connectivity index (χ0n) is 17.7. The summed E-state index contributed by atoms with van der Waals surface area (Å²) >= 11 is 6.11. The number of benzene rings is 1. The molecule has 1 aromatic rings. The van der Waals surface area contributed by atoms with Crippen LogP contribution in [0.4, 0.5) is 5.69 Å². The smallest absolute Gasteiger partial charge is 0.241 e. The molecule has 2 rings (SSSR count). The Balaban J connectivity index is 1.93. The summed E-state index contributed by atoms with van der Waals surface area (Å²) in [7, 11) is 0. The van der Waals surface area contributed by atoms with E-state index in [1.807, 2.05) is 24.0 Å². The van der Waals surface area contributed by atoms with Gasteiger partial charge in [0.1, 0.15) is 0 Å². The van der Waals surface area contributed by atoms with Crippen molar-refractivity contribution >= 4 is 29.1 Å². The highest BCUT2D eigenvalue weighted by Crippen LogP contribution is 2.23. The number of amides is 2. The van der Waals surface area contributed by atoms with Crippen LogP contribution in [-0.4, -0.2) is 60.9 Å². The number of halogens is 1. The SMILES string of the molecule is Cc1cc(N(CCC#N)C(=O)CN2CCN(C(=O)CCC(C)C)CC2)ccc1Cl. The topological polar surface area (TPSA) is 67.7 Å². The van der Waals surface area contributed by atoms with Crippen LogP contribution in [0.5, 0.6) is 0 Å². The molecule has 2 amide bonds. The molecule has 0 atom stereocenters. The molecule has 0 saturated carbocycles. The van der Waals surface area contributed by atoms with E-state index in [-0.39, 0.29) is 24.8 Å². The first-order valence-corrected chi connectivity index (χ1v) is 10.6. The fourth-order valence-electron chi connectivity index (χ4n) is 3.36. The average molecular weight is 419 g/mol. The molecule has 1 aliphatic heterocycles. The van der Waals surface area contributed by atoms with Gasteiger partial charge in [0.25, 0.3) is 0 Å². The van der Waals surface area contributed by atoms with Crippen molar-refractivity contribution in [3.8, 4) is 6.07 Å². The van der Waals surface area contributed by atoms with Crippen LogP contribution in [-0.2, 0) is 9.59 Å². The summed E-state index contributed by atoms with van der Waals surface area (Å²) < 4.78 is 0. The van der Waals surface area contributed by atoms with Gasteiger partial charge in [-0.1, -0.05) is 25.4 Å². The van der Waals surface area contributed by atoms with E-state index in [0.29, 0.717) is 50.1 Å². The van der Waals surface area contributed by atoms with Gasteiger partial charge < -0.3 is 9.80 Å². The summed E-state index contributed by atoms with van der Waals surface area (Å²) in [6, 6.07) is 7.58. The highest BCUT2D eigenvalue weighted by Gasteiger charge is 2.24. The maximum Gasteiger partial charge on any atom is 0.241 e. The molecule has 29 heavy (non-hydrogen) atoms. The zero-order chi connectivity index (χ0) is 21.4.